The van der Waals surface area contributed by atoms with Crippen LogP contribution < -0.4 is 14.8 Å². The van der Waals surface area contributed by atoms with Crippen molar-refractivity contribution >= 4 is 22.6 Å². The number of hydrogen-bond donors (Lipinski definition) is 1. The van der Waals surface area contributed by atoms with E-state index in [9.17, 15) is 4.79 Å². The maximum absolute atomic E-state index is 13.2. The molecule has 2 heterocycles. The highest BCUT2D eigenvalue weighted by Gasteiger charge is 2.32. The maximum atomic E-state index is 13.2. The lowest BCUT2D eigenvalue weighted by atomic mass is 10.0. The van der Waals surface area contributed by atoms with Crippen LogP contribution in [0.15, 0.2) is 48.5 Å². The molecule has 0 spiro atoms. The summed E-state index contributed by atoms with van der Waals surface area (Å²) >= 11 is 0. The molecule has 0 unspecified atom stereocenters. The van der Waals surface area contributed by atoms with Gasteiger partial charge in [0.05, 0.1) is 31.5 Å². The lowest BCUT2D eigenvalue weighted by molar-refractivity contribution is 0.206. The molecule has 6 heteroatoms. The molecule has 0 radical (unpaired) electrons. The summed E-state index contributed by atoms with van der Waals surface area (Å²) in [4.78, 5) is 19.7. The van der Waals surface area contributed by atoms with Gasteiger partial charge in [0.2, 0.25) is 0 Å². The van der Waals surface area contributed by atoms with E-state index >= 15 is 0 Å². The summed E-state index contributed by atoms with van der Waals surface area (Å²) in [6.07, 6.45) is 1.82. The fraction of sp³-hybridized carbons (Fsp3) is 0.304. The first-order valence-electron chi connectivity index (χ1n) is 9.76. The molecule has 29 heavy (non-hydrogen) atoms. The molecule has 2 aromatic carbocycles. The van der Waals surface area contributed by atoms with Crippen molar-refractivity contribution in [2.75, 3.05) is 26.1 Å². The highest BCUT2D eigenvalue weighted by molar-refractivity contribution is 6.00. The highest BCUT2D eigenvalue weighted by atomic mass is 16.5. The molecule has 3 aromatic rings. The number of nitrogens with zero attached hydrogens (tertiary/aromatic N) is 2. The summed E-state index contributed by atoms with van der Waals surface area (Å²) in [6, 6.07) is 15.3. The lowest BCUT2D eigenvalue weighted by Crippen LogP contribution is -2.34. The quantitative estimate of drug-likeness (QED) is 0.685. The topological polar surface area (TPSA) is 63.7 Å². The number of rotatable bonds is 4. The Morgan fingerprint density at radius 2 is 1.97 bits per heavy atom. The number of likely N-dealkylation sites (tertiary alicyclic amines) is 1. The van der Waals surface area contributed by atoms with Crippen molar-refractivity contribution in [3.63, 3.8) is 0 Å². The number of anilines is 1. The summed E-state index contributed by atoms with van der Waals surface area (Å²) in [6.45, 7) is 2.63. The maximum Gasteiger partial charge on any atom is 0.322 e. The number of fused-ring (bicyclic) bond motifs is 1. The van der Waals surface area contributed by atoms with Crippen LogP contribution in [0.3, 0.4) is 0 Å². The van der Waals surface area contributed by atoms with Crippen LogP contribution in [0.4, 0.5) is 10.5 Å². The van der Waals surface area contributed by atoms with Crippen LogP contribution in [-0.4, -0.2) is 36.7 Å². The number of aryl methyl sites for hydroxylation is 1. The van der Waals surface area contributed by atoms with Gasteiger partial charge in [-0.2, -0.15) is 0 Å². The average molecular weight is 391 g/mol. The number of nitrogens with one attached hydrogen (secondary N) is 1. The molecule has 1 aliphatic rings. The van der Waals surface area contributed by atoms with Crippen molar-refractivity contribution in [2.24, 2.45) is 0 Å². The number of benzene rings is 2. The number of para-hydroxylation sites is 1. The third-order valence-corrected chi connectivity index (χ3v) is 5.40. The SMILES string of the molecule is COc1ccc(OC)c([C@@H]2CCCN2C(=O)Nc2cc(C)nc3ccccc23)c1. The second kappa shape index (κ2) is 7.99. The van der Waals surface area contributed by atoms with Gasteiger partial charge in [-0.25, -0.2) is 4.79 Å². The number of carbonyl (C=O) groups excluding carboxylic acids is 1. The van der Waals surface area contributed by atoms with Crippen molar-refractivity contribution in [3.05, 3.63) is 59.8 Å². The second-order valence-electron chi connectivity index (χ2n) is 7.22. The average Bonchev–Trinajstić information content (AvgIpc) is 3.23. The van der Waals surface area contributed by atoms with Crippen molar-refractivity contribution in [2.45, 2.75) is 25.8 Å². The van der Waals surface area contributed by atoms with Crippen LogP contribution in [0.5, 0.6) is 11.5 Å². The molecular weight excluding hydrogens is 366 g/mol. The Balaban J connectivity index is 1.64. The molecule has 0 bridgehead atoms. The first-order chi connectivity index (χ1) is 14.1. The van der Waals surface area contributed by atoms with E-state index in [4.69, 9.17) is 9.47 Å². The zero-order valence-corrected chi connectivity index (χ0v) is 16.9. The Kier molecular flexibility index (Phi) is 5.25. The normalized spacial score (nSPS) is 16.1. The zero-order valence-electron chi connectivity index (χ0n) is 16.9. The van der Waals surface area contributed by atoms with Crippen LogP contribution >= 0.6 is 0 Å². The molecule has 4 rings (SSSR count). The van der Waals surface area contributed by atoms with Crippen molar-refractivity contribution in [3.8, 4) is 11.5 Å². The minimum absolute atomic E-state index is 0.0609. The van der Waals surface area contributed by atoms with Gasteiger partial charge < -0.3 is 19.7 Å². The fourth-order valence-corrected chi connectivity index (χ4v) is 4.03. The molecular formula is C23H25N3O3. The minimum atomic E-state index is -0.117. The van der Waals surface area contributed by atoms with Gasteiger partial charge in [-0.15, -0.1) is 0 Å². The van der Waals surface area contributed by atoms with Gasteiger partial charge in [-0.3, -0.25) is 4.98 Å². The summed E-state index contributed by atoms with van der Waals surface area (Å²) in [5.74, 6) is 1.52. The Morgan fingerprint density at radius 3 is 2.76 bits per heavy atom. The number of pyridine rings is 1. The largest absolute Gasteiger partial charge is 0.497 e. The van der Waals surface area contributed by atoms with Crippen LogP contribution in [0.1, 0.15) is 30.1 Å². The Bertz CT molecular complexity index is 1050. The van der Waals surface area contributed by atoms with Gasteiger partial charge in [-0.1, -0.05) is 18.2 Å². The monoisotopic (exact) mass is 391 g/mol. The summed E-state index contributed by atoms with van der Waals surface area (Å²) < 4.78 is 10.9. The molecule has 1 saturated heterocycles. The molecule has 0 aliphatic carbocycles. The number of urea groups is 1. The molecule has 1 aliphatic heterocycles. The number of amides is 2. The van der Waals surface area contributed by atoms with Gasteiger partial charge >= 0.3 is 6.03 Å². The Morgan fingerprint density at radius 1 is 1.14 bits per heavy atom. The van der Waals surface area contributed by atoms with E-state index in [0.717, 1.165) is 52.2 Å². The molecule has 1 atom stereocenters. The van der Waals surface area contributed by atoms with E-state index in [1.807, 2.05) is 60.4 Å². The van der Waals surface area contributed by atoms with Crippen LogP contribution in [0, 0.1) is 6.92 Å². The smallest absolute Gasteiger partial charge is 0.322 e. The van der Waals surface area contributed by atoms with Gasteiger partial charge in [0.15, 0.2) is 0 Å². The number of hydrogen-bond acceptors (Lipinski definition) is 4. The van der Waals surface area contributed by atoms with E-state index in [1.54, 1.807) is 14.2 Å². The number of aromatic nitrogens is 1. The van der Waals surface area contributed by atoms with Gasteiger partial charge in [0.1, 0.15) is 11.5 Å². The fourth-order valence-electron chi connectivity index (χ4n) is 4.03. The van der Waals surface area contributed by atoms with Gasteiger partial charge in [0, 0.05) is 23.2 Å². The van der Waals surface area contributed by atoms with Crippen molar-refractivity contribution in [1.82, 2.24) is 9.88 Å². The predicted octanol–water partition coefficient (Wildman–Crippen LogP) is 4.93. The van der Waals surface area contributed by atoms with Gasteiger partial charge in [0.25, 0.3) is 0 Å². The van der Waals surface area contributed by atoms with Crippen LogP contribution in [-0.2, 0) is 0 Å². The third-order valence-electron chi connectivity index (χ3n) is 5.40. The van der Waals surface area contributed by atoms with Gasteiger partial charge in [-0.05, 0) is 50.1 Å². The Labute approximate surface area is 170 Å². The lowest BCUT2D eigenvalue weighted by Gasteiger charge is -2.27. The number of methoxy groups -OCH3 is 2. The van der Waals surface area contributed by atoms with E-state index in [1.165, 1.54) is 0 Å². The summed E-state index contributed by atoms with van der Waals surface area (Å²) in [5.41, 5.74) is 3.48. The molecule has 1 aromatic heterocycles. The second-order valence-corrected chi connectivity index (χ2v) is 7.22. The first kappa shape index (κ1) is 19.1. The summed E-state index contributed by atoms with van der Waals surface area (Å²) in [7, 11) is 3.29. The molecule has 1 N–H and O–H groups in total. The van der Waals surface area contributed by atoms with Crippen LogP contribution in [0.25, 0.3) is 10.9 Å². The predicted molar refractivity (Wildman–Crippen MR) is 114 cm³/mol. The minimum Gasteiger partial charge on any atom is -0.497 e. The first-order valence-corrected chi connectivity index (χ1v) is 9.76. The highest BCUT2D eigenvalue weighted by Crippen LogP contribution is 2.39. The van der Waals surface area contributed by atoms with E-state index in [0.29, 0.717) is 6.54 Å². The number of carbonyl (C=O) groups is 1. The molecule has 1 fully saturated rings. The summed E-state index contributed by atoms with van der Waals surface area (Å²) in [5, 5.41) is 4.04. The molecule has 150 valence electrons. The number of ether oxygens (including phenoxy) is 2. The van der Waals surface area contributed by atoms with E-state index in [-0.39, 0.29) is 12.1 Å². The zero-order chi connectivity index (χ0) is 20.4. The van der Waals surface area contributed by atoms with E-state index < -0.39 is 0 Å². The molecule has 0 saturated carbocycles. The van der Waals surface area contributed by atoms with E-state index in [2.05, 4.69) is 10.3 Å². The molecule has 6 nitrogen and oxygen atoms in total. The molecule has 2 amide bonds. The Hall–Kier alpha value is -3.28. The van der Waals surface area contributed by atoms with Crippen molar-refractivity contribution in [1.29, 1.82) is 0 Å². The van der Waals surface area contributed by atoms with Crippen molar-refractivity contribution < 1.29 is 14.3 Å². The standard InChI is InChI=1S/C23H25N3O3/c1-15-13-20(17-7-4-5-8-19(17)24-15)25-23(27)26-12-6-9-21(26)18-14-16(28-2)10-11-22(18)29-3/h4-5,7-8,10-11,13-14,21H,6,9,12H2,1-3H3,(H,24,25,27)/t21-/m0/s1. The third kappa shape index (κ3) is 3.70. The van der Waals surface area contributed by atoms with Crippen LogP contribution in [0.2, 0.25) is 0 Å².